The third kappa shape index (κ3) is 4.43. The molecule has 1 aliphatic heterocycles. The molecule has 1 aromatic heterocycles. The minimum Gasteiger partial charge on any atom is -0.321 e. The number of nitrogens with one attached hydrogen (secondary N) is 2. The molecule has 0 radical (unpaired) electrons. The fourth-order valence-corrected chi connectivity index (χ4v) is 5.31. The van der Waals surface area contributed by atoms with Crippen molar-refractivity contribution in [1.82, 2.24) is 0 Å². The molecule has 2 aromatic carbocycles. The highest BCUT2D eigenvalue weighted by molar-refractivity contribution is 7.92. The first-order valence-electron chi connectivity index (χ1n) is 9.90. The summed E-state index contributed by atoms with van der Waals surface area (Å²) in [6.45, 7) is 8.32. The number of fused-ring (bicyclic) bond motifs is 1. The number of aryl methyl sites for hydroxylation is 1. The molecule has 31 heavy (non-hydrogen) atoms. The molecule has 160 valence electrons. The molecule has 0 saturated carbocycles. The monoisotopic (exact) mass is 452 g/mol. The van der Waals surface area contributed by atoms with Gasteiger partial charge in [-0.05, 0) is 66.4 Å². The van der Waals surface area contributed by atoms with Gasteiger partial charge in [0, 0.05) is 26.7 Å². The van der Waals surface area contributed by atoms with Crippen LogP contribution in [0.2, 0.25) is 0 Å². The summed E-state index contributed by atoms with van der Waals surface area (Å²) < 4.78 is 28.6. The Labute approximate surface area is 186 Å². The number of rotatable bonds is 4. The van der Waals surface area contributed by atoms with Crippen LogP contribution in [0.25, 0.3) is 11.6 Å². The first kappa shape index (κ1) is 21.3. The Morgan fingerprint density at radius 2 is 1.71 bits per heavy atom. The van der Waals surface area contributed by atoms with E-state index in [4.69, 9.17) is 0 Å². The Hall–Kier alpha value is -2.90. The van der Waals surface area contributed by atoms with E-state index in [-0.39, 0.29) is 16.2 Å². The molecule has 1 amide bonds. The van der Waals surface area contributed by atoms with E-state index in [1.54, 1.807) is 41.7 Å². The van der Waals surface area contributed by atoms with Crippen molar-refractivity contribution >= 4 is 50.3 Å². The molecule has 0 bridgehead atoms. The molecule has 0 atom stereocenters. The van der Waals surface area contributed by atoms with Crippen molar-refractivity contribution in [2.75, 3.05) is 10.0 Å². The zero-order chi connectivity index (χ0) is 22.4. The fraction of sp³-hybridized carbons (Fsp3) is 0.208. The normalized spacial score (nSPS) is 15.1. The molecule has 0 spiro atoms. The minimum atomic E-state index is -3.81. The van der Waals surface area contributed by atoms with Crippen LogP contribution >= 0.6 is 11.3 Å². The fourth-order valence-electron chi connectivity index (χ4n) is 3.40. The maximum atomic E-state index is 13.0. The first-order valence-corrected chi connectivity index (χ1v) is 12.2. The van der Waals surface area contributed by atoms with Crippen LogP contribution in [0.1, 0.15) is 41.7 Å². The number of benzene rings is 2. The van der Waals surface area contributed by atoms with Crippen molar-refractivity contribution in [3.05, 3.63) is 75.5 Å². The lowest BCUT2D eigenvalue weighted by Crippen LogP contribution is -2.14. The van der Waals surface area contributed by atoms with Crippen LogP contribution in [0.15, 0.2) is 59.5 Å². The second-order valence-corrected chi connectivity index (χ2v) is 11.6. The lowest BCUT2D eigenvalue weighted by molar-refractivity contribution is -0.110. The van der Waals surface area contributed by atoms with E-state index in [1.165, 1.54) is 6.07 Å². The van der Waals surface area contributed by atoms with Gasteiger partial charge in [0.2, 0.25) is 0 Å². The van der Waals surface area contributed by atoms with Crippen LogP contribution in [0.4, 0.5) is 11.4 Å². The SMILES string of the molecule is Cc1ccc(C=C2C(=O)Nc3ccc(S(=O)(=O)Nc4ccc(C(C)(C)C)cc4)cc32)s1. The number of carbonyl (C=O) groups excluding carboxylic acids is 1. The standard InChI is InChI=1S/C24H24N2O3S2/c1-15-5-10-18(30-15)13-21-20-14-19(11-12-22(20)25-23(21)27)31(28,29)26-17-8-6-16(7-9-17)24(2,3)4/h5-14,26H,1-4H3,(H,25,27). The summed E-state index contributed by atoms with van der Waals surface area (Å²) in [6.07, 6.45) is 1.80. The van der Waals surface area contributed by atoms with Gasteiger partial charge in [0.1, 0.15) is 0 Å². The van der Waals surface area contributed by atoms with Crippen LogP contribution in [-0.2, 0) is 20.2 Å². The molecule has 0 unspecified atom stereocenters. The van der Waals surface area contributed by atoms with E-state index in [0.29, 0.717) is 22.5 Å². The smallest absolute Gasteiger partial charge is 0.261 e. The van der Waals surface area contributed by atoms with Gasteiger partial charge in [0.25, 0.3) is 15.9 Å². The molecule has 3 aromatic rings. The number of anilines is 2. The summed E-state index contributed by atoms with van der Waals surface area (Å²) in [5.41, 5.74) is 3.26. The van der Waals surface area contributed by atoms with Crippen LogP contribution in [0, 0.1) is 6.92 Å². The molecule has 5 nitrogen and oxygen atoms in total. The lowest BCUT2D eigenvalue weighted by atomic mass is 9.87. The topological polar surface area (TPSA) is 75.3 Å². The van der Waals surface area contributed by atoms with Gasteiger partial charge in [0.15, 0.2) is 0 Å². The van der Waals surface area contributed by atoms with Gasteiger partial charge in [-0.1, -0.05) is 32.9 Å². The zero-order valence-electron chi connectivity index (χ0n) is 17.8. The van der Waals surface area contributed by atoms with Gasteiger partial charge in [-0.2, -0.15) is 0 Å². The summed E-state index contributed by atoms with van der Waals surface area (Å²) in [7, 11) is -3.81. The average molecular weight is 453 g/mol. The molecule has 7 heteroatoms. The van der Waals surface area contributed by atoms with Crippen molar-refractivity contribution in [1.29, 1.82) is 0 Å². The Morgan fingerprint density at radius 1 is 1.00 bits per heavy atom. The van der Waals surface area contributed by atoms with E-state index in [0.717, 1.165) is 15.3 Å². The number of sulfonamides is 1. The largest absolute Gasteiger partial charge is 0.321 e. The Bertz CT molecular complexity index is 1300. The van der Waals surface area contributed by atoms with Gasteiger partial charge in [-0.25, -0.2) is 8.42 Å². The van der Waals surface area contributed by atoms with E-state index >= 15 is 0 Å². The van der Waals surface area contributed by atoms with Gasteiger partial charge in [0.05, 0.1) is 10.5 Å². The highest BCUT2D eigenvalue weighted by Crippen LogP contribution is 2.36. The molecule has 0 fully saturated rings. The first-order chi connectivity index (χ1) is 14.5. The number of hydrogen-bond acceptors (Lipinski definition) is 4. The number of thiophene rings is 1. The molecular weight excluding hydrogens is 428 g/mol. The molecule has 1 aliphatic rings. The van der Waals surface area contributed by atoms with Crippen molar-refractivity contribution in [2.24, 2.45) is 0 Å². The van der Waals surface area contributed by atoms with Crippen LogP contribution in [0.5, 0.6) is 0 Å². The Balaban J connectivity index is 1.65. The van der Waals surface area contributed by atoms with Gasteiger partial charge < -0.3 is 5.32 Å². The number of carbonyl (C=O) groups is 1. The maximum absolute atomic E-state index is 13.0. The van der Waals surface area contributed by atoms with E-state index in [1.807, 2.05) is 31.2 Å². The summed E-state index contributed by atoms with van der Waals surface area (Å²) in [4.78, 5) is 14.7. The van der Waals surface area contributed by atoms with Crippen molar-refractivity contribution in [3.8, 4) is 0 Å². The summed E-state index contributed by atoms with van der Waals surface area (Å²) in [5, 5.41) is 2.81. The van der Waals surface area contributed by atoms with Crippen molar-refractivity contribution < 1.29 is 13.2 Å². The van der Waals surface area contributed by atoms with Gasteiger partial charge >= 0.3 is 0 Å². The van der Waals surface area contributed by atoms with Crippen LogP contribution in [-0.4, -0.2) is 14.3 Å². The average Bonchev–Trinajstić information content (AvgIpc) is 3.24. The zero-order valence-corrected chi connectivity index (χ0v) is 19.4. The second kappa shape index (κ2) is 7.66. The molecule has 0 saturated heterocycles. The summed E-state index contributed by atoms with van der Waals surface area (Å²) in [5.74, 6) is -0.235. The number of amides is 1. The molecule has 0 aliphatic carbocycles. The summed E-state index contributed by atoms with van der Waals surface area (Å²) >= 11 is 1.58. The quantitative estimate of drug-likeness (QED) is 0.503. The highest BCUT2D eigenvalue weighted by Gasteiger charge is 2.27. The minimum absolute atomic E-state index is 0.0131. The molecule has 4 rings (SSSR count). The van der Waals surface area contributed by atoms with Crippen molar-refractivity contribution in [3.63, 3.8) is 0 Å². The van der Waals surface area contributed by atoms with Crippen LogP contribution in [0.3, 0.4) is 0 Å². The summed E-state index contributed by atoms with van der Waals surface area (Å²) in [6, 6.07) is 16.0. The van der Waals surface area contributed by atoms with Crippen molar-refractivity contribution in [2.45, 2.75) is 38.0 Å². The Kier molecular flexibility index (Phi) is 5.27. The molecule has 2 N–H and O–H groups in total. The van der Waals surface area contributed by atoms with Gasteiger partial charge in [-0.15, -0.1) is 11.3 Å². The number of hydrogen-bond donors (Lipinski definition) is 2. The van der Waals surface area contributed by atoms with E-state index < -0.39 is 10.0 Å². The van der Waals surface area contributed by atoms with Gasteiger partial charge in [-0.3, -0.25) is 9.52 Å². The van der Waals surface area contributed by atoms with E-state index in [2.05, 4.69) is 30.8 Å². The van der Waals surface area contributed by atoms with Crippen LogP contribution < -0.4 is 10.0 Å². The predicted octanol–water partition coefficient (Wildman–Crippen LogP) is 5.65. The predicted molar refractivity (Wildman–Crippen MR) is 128 cm³/mol. The van der Waals surface area contributed by atoms with E-state index in [9.17, 15) is 13.2 Å². The maximum Gasteiger partial charge on any atom is 0.261 e. The Morgan fingerprint density at radius 3 is 2.32 bits per heavy atom. The third-order valence-corrected chi connectivity index (χ3v) is 7.46. The third-order valence-electron chi connectivity index (χ3n) is 5.14. The molecular formula is C24H24N2O3S2. The highest BCUT2D eigenvalue weighted by atomic mass is 32.2. The molecule has 2 heterocycles. The lowest BCUT2D eigenvalue weighted by Gasteiger charge is -2.19. The second-order valence-electron chi connectivity index (χ2n) is 8.60.